The first-order valence-corrected chi connectivity index (χ1v) is 8.86. The van der Waals surface area contributed by atoms with Crippen molar-refractivity contribution in [2.24, 2.45) is 11.8 Å². The Bertz CT molecular complexity index is 482. The number of hydrogen-bond acceptors (Lipinski definition) is 2. The molecule has 2 unspecified atom stereocenters. The maximum absolute atomic E-state index is 12.1. The summed E-state index contributed by atoms with van der Waals surface area (Å²) in [7, 11) is 1.78. The zero-order valence-corrected chi connectivity index (χ0v) is 15.8. The molecule has 0 aliphatic heterocycles. The highest BCUT2D eigenvalue weighted by atomic mass is 16.5. The predicted molar refractivity (Wildman–Crippen MR) is 98.5 cm³/mol. The van der Waals surface area contributed by atoms with Crippen LogP contribution in [-0.2, 0) is 9.53 Å². The van der Waals surface area contributed by atoms with Crippen LogP contribution < -0.4 is 0 Å². The highest BCUT2D eigenvalue weighted by Crippen LogP contribution is 2.26. The van der Waals surface area contributed by atoms with Crippen molar-refractivity contribution in [1.82, 2.24) is 0 Å². The first kappa shape index (κ1) is 19.9. The van der Waals surface area contributed by atoms with Gasteiger partial charge in [-0.1, -0.05) is 43.2 Å². The molecule has 130 valence electrons. The van der Waals surface area contributed by atoms with Crippen LogP contribution in [0.15, 0.2) is 35.5 Å². The summed E-state index contributed by atoms with van der Waals surface area (Å²) in [6, 6.07) is 0. The Balaban J connectivity index is 3.03. The second-order valence-electron chi connectivity index (χ2n) is 7.55. The topological polar surface area (TPSA) is 26.3 Å². The Labute approximate surface area is 142 Å². The molecule has 0 saturated heterocycles. The fourth-order valence-electron chi connectivity index (χ4n) is 2.98. The van der Waals surface area contributed by atoms with Crippen molar-refractivity contribution in [2.75, 3.05) is 7.11 Å². The minimum atomic E-state index is -0.233. The average Bonchev–Trinajstić information content (AvgIpc) is 2.45. The van der Waals surface area contributed by atoms with Gasteiger partial charge < -0.3 is 4.74 Å². The number of ether oxygens (including phenoxy) is 1. The highest BCUT2D eigenvalue weighted by molar-refractivity contribution is 5.91. The molecule has 23 heavy (non-hydrogen) atoms. The second-order valence-corrected chi connectivity index (χ2v) is 7.55. The van der Waals surface area contributed by atoms with Crippen molar-refractivity contribution in [3.63, 3.8) is 0 Å². The van der Waals surface area contributed by atoms with Crippen LogP contribution in [0.2, 0.25) is 0 Å². The van der Waals surface area contributed by atoms with E-state index in [2.05, 4.69) is 45.9 Å². The van der Waals surface area contributed by atoms with Gasteiger partial charge in [0.1, 0.15) is 0 Å². The fourth-order valence-corrected chi connectivity index (χ4v) is 2.98. The normalized spacial score (nSPS) is 28.3. The Morgan fingerprint density at radius 1 is 1.26 bits per heavy atom. The summed E-state index contributed by atoms with van der Waals surface area (Å²) in [5.74, 6) is 1.33. The van der Waals surface area contributed by atoms with E-state index in [-0.39, 0.29) is 11.4 Å². The van der Waals surface area contributed by atoms with Gasteiger partial charge in [0, 0.05) is 13.5 Å². The van der Waals surface area contributed by atoms with Gasteiger partial charge in [0.05, 0.1) is 5.60 Å². The van der Waals surface area contributed by atoms with Gasteiger partial charge in [-0.3, -0.25) is 4.79 Å². The molecule has 2 heteroatoms. The van der Waals surface area contributed by atoms with Crippen LogP contribution in [0.3, 0.4) is 0 Å². The summed E-state index contributed by atoms with van der Waals surface area (Å²) in [4.78, 5) is 12.1. The molecule has 0 radical (unpaired) electrons. The Morgan fingerprint density at radius 2 is 1.96 bits per heavy atom. The maximum atomic E-state index is 12.1. The van der Waals surface area contributed by atoms with Crippen LogP contribution in [0.5, 0.6) is 0 Å². The lowest BCUT2D eigenvalue weighted by Crippen LogP contribution is -2.24. The molecule has 2 atom stereocenters. The van der Waals surface area contributed by atoms with Crippen LogP contribution in [-0.4, -0.2) is 18.5 Å². The molecule has 2 nitrogen and oxygen atoms in total. The van der Waals surface area contributed by atoms with Crippen LogP contribution in [0.25, 0.3) is 0 Å². The minimum Gasteiger partial charge on any atom is -0.374 e. The molecule has 0 spiro atoms. The third kappa shape index (κ3) is 7.30. The molecule has 0 heterocycles. The SMILES string of the molecule is COC1(C)C=CC(C(C)C)CCC(C)=CC(=O)CC(C)=CCC1. The minimum absolute atomic E-state index is 0.222. The summed E-state index contributed by atoms with van der Waals surface area (Å²) in [6.07, 6.45) is 13.0. The Morgan fingerprint density at radius 3 is 2.57 bits per heavy atom. The molecular weight excluding hydrogens is 284 g/mol. The summed E-state index contributed by atoms with van der Waals surface area (Å²) >= 11 is 0. The van der Waals surface area contributed by atoms with E-state index in [4.69, 9.17) is 4.74 Å². The Kier molecular flexibility index (Phi) is 7.98. The summed E-state index contributed by atoms with van der Waals surface area (Å²) in [5.41, 5.74) is 2.11. The molecule has 1 rings (SSSR count). The van der Waals surface area contributed by atoms with Gasteiger partial charge in [0.25, 0.3) is 0 Å². The molecule has 0 amide bonds. The molecule has 1 aliphatic carbocycles. The number of carbonyl (C=O) groups excluding carboxylic acids is 1. The van der Waals surface area contributed by atoms with Crippen molar-refractivity contribution >= 4 is 5.78 Å². The summed E-state index contributed by atoms with van der Waals surface area (Å²) in [6.45, 7) is 10.8. The predicted octanol–water partition coefficient (Wildman–Crippen LogP) is 5.65. The zero-order valence-electron chi connectivity index (χ0n) is 15.8. The first-order chi connectivity index (χ1) is 10.8. The van der Waals surface area contributed by atoms with Crippen molar-refractivity contribution in [3.05, 3.63) is 35.5 Å². The van der Waals surface area contributed by atoms with E-state index < -0.39 is 0 Å². The zero-order chi connectivity index (χ0) is 17.5. The van der Waals surface area contributed by atoms with E-state index in [1.807, 2.05) is 13.0 Å². The van der Waals surface area contributed by atoms with E-state index >= 15 is 0 Å². The third-order valence-corrected chi connectivity index (χ3v) is 4.88. The van der Waals surface area contributed by atoms with Crippen molar-refractivity contribution in [1.29, 1.82) is 0 Å². The number of carbonyl (C=O) groups is 1. The van der Waals surface area contributed by atoms with Crippen LogP contribution in [0.4, 0.5) is 0 Å². The quantitative estimate of drug-likeness (QED) is 0.615. The molecular formula is C21H34O2. The smallest absolute Gasteiger partial charge is 0.159 e. The maximum Gasteiger partial charge on any atom is 0.159 e. The fraction of sp³-hybridized carbons (Fsp3) is 0.667. The summed E-state index contributed by atoms with van der Waals surface area (Å²) < 4.78 is 5.75. The Hall–Kier alpha value is -1.15. The van der Waals surface area contributed by atoms with Crippen molar-refractivity contribution in [2.45, 2.75) is 72.3 Å². The van der Waals surface area contributed by atoms with E-state index in [1.165, 1.54) is 5.57 Å². The van der Waals surface area contributed by atoms with E-state index in [0.717, 1.165) is 31.3 Å². The van der Waals surface area contributed by atoms with Gasteiger partial charge in [-0.2, -0.15) is 0 Å². The molecule has 0 aromatic carbocycles. The number of allylic oxidation sites excluding steroid dienone is 5. The number of methoxy groups -OCH3 is 1. The van der Waals surface area contributed by atoms with Gasteiger partial charge in [-0.05, 0) is 64.4 Å². The molecule has 1 aliphatic rings. The molecule has 0 saturated carbocycles. The summed E-state index contributed by atoms with van der Waals surface area (Å²) in [5, 5.41) is 0. The van der Waals surface area contributed by atoms with Crippen LogP contribution in [0, 0.1) is 11.8 Å². The van der Waals surface area contributed by atoms with E-state index in [9.17, 15) is 4.79 Å². The molecule has 0 bridgehead atoms. The van der Waals surface area contributed by atoms with Gasteiger partial charge >= 0.3 is 0 Å². The van der Waals surface area contributed by atoms with Crippen molar-refractivity contribution in [3.8, 4) is 0 Å². The monoisotopic (exact) mass is 318 g/mol. The molecule has 0 aromatic rings. The van der Waals surface area contributed by atoms with Gasteiger partial charge in [-0.15, -0.1) is 0 Å². The largest absolute Gasteiger partial charge is 0.374 e. The van der Waals surface area contributed by atoms with Crippen molar-refractivity contribution < 1.29 is 9.53 Å². The third-order valence-electron chi connectivity index (χ3n) is 4.88. The number of hydrogen-bond donors (Lipinski definition) is 0. The van der Waals surface area contributed by atoms with Gasteiger partial charge in [0.2, 0.25) is 0 Å². The first-order valence-electron chi connectivity index (χ1n) is 8.86. The molecule has 0 fully saturated rings. The molecule has 0 aromatic heterocycles. The van der Waals surface area contributed by atoms with E-state index in [1.54, 1.807) is 7.11 Å². The number of rotatable bonds is 2. The average molecular weight is 319 g/mol. The lowest BCUT2D eigenvalue weighted by Gasteiger charge is -2.26. The van der Waals surface area contributed by atoms with Crippen LogP contribution >= 0.6 is 0 Å². The highest BCUT2D eigenvalue weighted by Gasteiger charge is 2.20. The second kappa shape index (κ2) is 9.22. The lowest BCUT2D eigenvalue weighted by molar-refractivity contribution is -0.114. The van der Waals surface area contributed by atoms with Gasteiger partial charge in [-0.25, -0.2) is 0 Å². The van der Waals surface area contributed by atoms with Crippen LogP contribution in [0.1, 0.15) is 66.7 Å². The molecule has 0 N–H and O–H groups in total. The standard InChI is InChI=1S/C21H34O2/c1-16(2)19-10-9-18(4)15-20(22)14-17(3)8-7-12-21(5,23-6)13-11-19/h8,11,13,15-16,19H,7,9-10,12,14H2,1-6H3. The number of ketones is 1. The van der Waals surface area contributed by atoms with E-state index in [0.29, 0.717) is 18.3 Å². The van der Waals surface area contributed by atoms with Gasteiger partial charge in [0.15, 0.2) is 5.78 Å². The lowest BCUT2D eigenvalue weighted by atomic mass is 9.86.